The van der Waals surface area contributed by atoms with Gasteiger partial charge in [0.15, 0.2) is 0 Å². The highest BCUT2D eigenvalue weighted by Gasteiger charge is 2.23. The summed E-state index contributed by atoms with van der Waals surface area (Å²) in [4.78, 5) is 30.3. The molecule has 33 heavy (non-hydrogen) atoms. The van der Waals surface area contributed by atoms with Gasteiger partial charge in [0.1, 0.15) is 16.4 Å². The molecule has 2 aromatic heterocycles. The maximum atomic E-state index is 13.0. The second-order valence-corrected chi connectivity index (χ2v) is 8.74. The molecule has 0 bridgehead atoms. The van der Waals surface area contributed by atoms with E-state index in [2.05, 4.69) is 20.9 Å². The number of pyridine rings is 1. The maximum absolute atomic E-state index is 13.0. The molecule has 2 heterocycles. The van der Waals surface area contributed by atoms with Crippen molar-refractivity contribution in [3.63, 3.8) is 0 Å². The van der Waals surface area contributed by atoms with Crippen LogP contribution in [0.4, 0.5) is 11.5 Å². The number of nitrogens with zero attached hydrogens (tertiary/aromatic N) is 1. The number of ether oxygens (including phenoxy) is 1. The Kier molecular flexibility index (Phi) is 8.90. The Morgan fingerprint density at radius 1 is 1.12 bits per heavy atom. The van der Waals surface area contributed by atoms with Crippen LogP contribution < -0.4 is 20.7 Å². The van der Waals surface area contributed by atoms with Gasteiger partial charge in [-0.05, 0) is 29.1 Å². The van der Waals surface area contributed by atoms with Gasteiger partial charge in [0.25, 0.3) is 11.8 Å². The van der Waals surface area contributed by atoms with E-state index in [4.69, 9.17) is 44.6 Å². The summed E-state index contributed by atoms with van der Waals surface area (Å²) < 4.78 is 5.35. The van der Waals surface area contributed by atoms with Crippen LogP contribution in [0, 0.1) is 0 Å². The molecule has 2 amide bonds. The maximum Gasteiger partial charge on any atom is 0.267 e. The second-order valence-electron chi connectivity index (χ2n) is 6.60. The quantitative estimate of drug-likeness (QED) is 0.299. The molecule has 0 atom stereocenters. The number of halogens is 3. The first-order valence-electron chi connectivity index (χ1n) is 9.53. The van der Waals surface area contributed by atoms with Crippen molar-refractivity contribution in [2.24, 2.45) is 0 Å². The van der Waals surface area contributed by atoms with E-state index in [0.29, 0.717) is 18.1 Å². The van der Waals surface area contributed by atoms with Gasteiger partial charge in [-0.1, -0.05) is 34.8 Å². The number of aliphatic hydroxyl groups is 1. The summed E-state index contributed by atoms with van der Waals surface area (Å²) in [5.41, 5.74) is 0.917. The Labute approximate surface area is 208 Å². The van der Waals surface area contributed by atoms with Crippen LogP contribution in [-0.2, 0) is 6.54 Å². The molecule has 174 valence electrons. The van der Waals surface area contributed by atoms with E-state index in [-0.39, 0.29) is 44.3 Å². The molecule has 0 fully saturated rings. The first kappa shape index (κ1) is 25.2. The molecule has 3 rings (SSSR count). The summed E-state index contributed by atoms with van der Waals surface area (Å²) in [5.74, 6) is -0.616. The number of benzene rings is 1. The summed E-state index contributed by atoms with van der Waals surface area (Å²) in [6.07, 6.45) is 1.39. The van der Waals surface area contributed by atoms with Crippen molar-refractivity contribution >= 4 is 69.5 Å². The summed E-state index contributed by atoms with van der Waals surface area (Å²) >= 11 is 19.5. The van der Waals surface area contributed by atoms with E-state index in [0.717, 1.165) is 16.9 Å². The summed E-state index contributed by atoms with van der Waals surface area (Å²) in [7, 11) is 1.40. The van der Waals surface area contributed by atoms with Crippen LogP contribution >= 0.6 is 46.1 Å². The van der Waals surface area contributed by atoms with Crippen molar-refractivity contribution in [3.8, 4) is 5.75 Å². The van der Waals surface area contributed by atoms with Crippen molar-refractivity contribution < 1.29 is 19.4 Å². The highest BCUT2D eigenvalue weighted by molar-refractivity contribution is 7.13. The molecule has 0 saturated carbocycles. The number of rotatable bonds is 9. The van der Waals surface area contributed by atoms with Crippen LogP contribution in [0.2, 0.25) is 15.1 Å². The lowest BCUT2D eigenvalue weighted by molar-refractivity contribution is 0.102. The number of hydrogen-bond acceptors (Lipinski definition) is 7. The fourth-order valence-corrected chi connectivity index (χ4v) is 4.39. The standard InChI is InChI=1S/C21H19Cl3N4O4S/c1-32-15-7-13(23)6-14(20(30)27-16-3-2-12(22)9-26-16)18(15)28-21(31)19-17(24)11(10-33-19)8-25-4-5-29/h2-3,6-7,9-10,25,29H,4-5,8H2,1H3,(H,28,31)(H,26,27,30). The van der Waals surface area contributed by atoms with Crippen LogP contribution in [-0.4, -0.2) is 42.2 Å². The van der Waals surface area contributed by atoms with Gasteiger partial charge in [-0.2, -0.15) is 0 Å². The number of aliphatic hydroxyl groups excluding tert-OH is 1. The number of nitrogens with one attached hydrogen (secondary N) is 3. The van der Waals surface area contributed by atoms with Gasteiger partial charge in [0.05, 0.1) is 35.0 Å². The van der Waals surface area contributed by atoms with Crippen LogP contribution in [0.25, 0.3) is 0 Å². The molecule has 4 N–H and O–H groups in total. The molecule has 0 spiro atoms. The Balaban J connectivity index is 1.88. The fourth-order valence-electron chi connectivity index (χ4n) is 2.81. The predicted octanol–water partition coefficient (Wildman–Crippen LogP) is 4.70. The Hall–Kier alpha value is -2.40. The molecule has 0 saturated heterocycles. The lowest BCUT2D eigenvalue weighted by Crippen LogP contribution is -2.19. The minimum atomic E-state index is -0.563. The van der Waals surface area contributed by atoms with Crippen molar-refractivity contribution in [3.05, 3.63) is 66.9 Å². The average Bonchev–Trinajstić information content (AvgIpc) is 3.16. The third-order valence-electron chi connectivity index (χ3n) is 4.35. The molecule has 0 aliphatic rings. The molecule has 0 radical (unpaired) electrons. The topological polar surface area (TPSA) is 113 Å². The van der Waals surface area contributed by atoms with E-state index < -0.39 is 11.8 Å². The molecule has 0 aliphatic heterocycles. The number of carbonyl (C=O) groups is 2. The third kappa shape index (κ3) is 6.35. The zero-order chi connectivity index (χ0) is 24.0. The SMILES string of the molecule is COc1cc(Cl)cc(C(=O)Nc2ccc(Cl)cn2)c1NC(=O)c1scc(CNCCO)c1Cl. The molecule has 0 aliphatic carbocycles. The fraction of sp³-hybridized carbons (Fsp3) is 0.190. The van der Waals surface area contributed by atoms with Gasteiger partial charge < -0.3 is 25.8 Å². The van der Waals surface area contributed by atoms with Gasteiger partial charge in [-0.3, -0.25) is 9.59 Å². The van der Waals surface area contributed by atoms with E-state index in [1.165, 1.54) is 31.5 Å². The Morgan fingerprint density at radius 2 is 1.91 bits per heavy atom. The Bertz CT molecular complexity index is 1160. The normalized spacial score (nSPS) is 10.7. The molecule has 3 aromatic rings. The van der Waals surface area contributed by atoms with E-state index in [1.807, 2.05) is 0 Å². The number of carbonyl (C=O) groups excluding carboxylic acids is 2. The number of aromatic nitrogens is 1. The number of thiophene rings is 1. The molecule has 8 nitrogen and oxygen atoms in total. The van der Waals surface area contributed by atoms with Crippen molar-refractivity contribution in [2.75, 3.05) is 30.9 Å². The average molecular weight is 530 g/mol. The smallest absolute Gasteiger partial charge is 0.267 e. The molecule has 1 aromatic carbocycles. The van der Waals surface area contributed by atoms with Gasteiger partial charge in [0, 0.05) is 30.4 Å². The number of methoxy groups -OCH3 is 1. The van der Waals surface area contributed by atoms with E-state index >= 15 is 0 Å². The minimum absolute atomic E-state index is 0.0121. The largest absolute Gasteiger partial charge is 0.494 e. The van der Waals surface area contributed by atoms with Crippen LogP contribution in [0.1, 0.15) is 25.6 Å². The van der Waals surface area contributed by atoms with Gasteiger partial charge in [0.2, 0.25) is 0 Å². The van der Waals surface area contributed by atoms with Gasteiger partial charge >= 0.3 is 0 Å². The van der Waals surface area contributed by atoms with E-state index in [9.17, 15) is 9.59 Å². The zero-order valence-corrected chi connectivity index (χ0v) is 20.3. The second kappa shape index (κ2) is 11.6. The monoisotopic (exact) mass is 528 g/mol. The molecule has 0 unspecified atom stereocenters. The summed E-state index contributed by atoms with van der Waals surface area (Å²) in [6, 6.07) is 6.01. The highest BCUT2D eigenvalue weighted by atomic mass is 35.5. The van der Waals surface area contributed by atoms with Gasteiger partial charge in [-0.25, -0.2) is 4.98 Å². The first-order valence-corrected chi connectivity index (χ1v) is 11.5. The van der Waals surface area contributed by atoms with E-state index in [1.54, 1.807) is 11.4 Å². The van der Waals surface area contributed by atoms with Crippen molar-refractivity contribution in [2.45, 2.75) is 6.54 Å². The molecular formula is C21H19Cl3N4O4S. The predicted molar refractivity (Wildman–Crippen MR) is 131 cm³/mol. The number of anilines is 2. The van der Waals surface area contributed by atoms with Crippen LogP contribution in [0.3, 0.4) is 0 Å². The lowest BCUT2D eigenvalue weighted by Gasteiger charge is -2.15. The number of hydrogen-bond donors (Lipinski definition) is 4. The zero-order valence-electron chi connectivity index (χ0n) is 17.2. The summed E-state index contributed by atoms with van der Waals surface area (Å²) in [6.45, 7) is 0.785. The van der Waals surface area contributed by atoms with Crippen LogP contribution in [0.15, 0.2) is 35.8 Å². The minimum Gasteiger partial charge on any atom is -0.494 e. The Morgan fingerprint density at radius 3 is 2.58 bits per heavy atom. The third-order valence-corrected chi connectivity index (χ3v) is 6.36. The molecule has 12 heteroatoms. The van der Waals surface area contributed by atoms with Crippen molar-refractivity contribution in [1.29, 1.82) is 0 Å². The van der Waals surface area contributed by atoms with Crippen LogP contribution in [0.5, 0.6) is 5.75 Å². The molecular weight excluding hydrogens is 511 g/mol. The lowest BCUT2D eigenvalue weighted by atomic mass is 10.1. The van der Waals surface area contributed by atoms with Crippen molar-refractivity contribution in [1.82, 2.24) is 10.3 Å². The highest BCUT2D eigenvalue weighted by Crippen LogP contribution is 2.35. The van der Waals surface area contributed by atoms with Gasteiger partial charge in [-0.15, -0.1) is 11.3 Å². The number of amides is 2. The first-order chi connectivity index (χ1) is 15.8. The summed E-state index contributed by atoms with van der Waals surface area (Å²) in [5, 5.41) is 19.9.